The Kier molecular flexibility index (Phi) is 12.6. The Hall–Kier alpha value is -5.82. The van der Waals surface area contributed by atoms with Gasteiger partial charge < -0.3 is 24.0 Å². The van der Waals surface area contributed by atoms with Gasteiger partial charge in [-0.1, -0.05) is 71.9 Å². The van der Waals surface area contributed by atoms with Crippen LogP contribution in [0.5, 0.6) is 5.75 Å². The highest BCUT2D eigenvalue weighted by Crippen LogP contribution is 2.53. The van der Waals surface area contributed by atoms with Gasteiger partial charge in [0.15, 0.2) is 0 Å². The Morgan fingerprint density at radius 2 is 1.48 bits per heavy atom. The van der Waals surface area contributed by atoms with Crippen molar-refractivity contribution in [1.29, 1.82) is 0 Å². The third-order valence-electron chi connectivity index (χ3n) is 15.7. The number of aromatic nitrogens is 2. The highest BCUT2D eigenvalue weighted by Gasteiger charge is 2.56. The molecule has 2 saturated heterocycles. The van der Waals surface area contributed by atoms with Gasteiger partial charge >= 0.3 is 11.9 Å². The Bertz CT molecular complexity index is 2880. The number of piperidine rings is 1. The first kappa shape index (κ1) is 46.9. The van der Waals surface area contributed by atoms with E-state index in [9.17, 15) is 19.2 Å². The van der Waals surface area contributed by atoms with E-state index in [0.29, 0.717) is 30.2 Å². The van der Waals surface area contributed by atoms with Gasteiger partial charge in [-0.3, -0.25) is 23.7 Å². The number of likely N-dealkylation sites (tertiary alicyclic amines) is 2. The van der Waals surface area contributed by atoms with Crippen LogP contribution in [0.15, 0.2) is 78.0 Å². The van der Waals surface area contributed by atoms with E-state index in [4.69, 9.17) is 19.2 Å². The zero-order valence-electron chi connectivity index (χ0n) is 40.9. The summed E-state index contributed by atoms with van der Waals surface area (Å²) < 4.78 is 36.0. The molecule has 0 bridgehead atoms. The number of allylic oxidation sites excluding steroid dienone is 6. The quantitative estimate of drug-likeness (QED) is 0.115. The molecule has 2 aromatic carbocycles. The highest BCUT2D eigenvalue weighted by atomic mass is 32.1. The third kappa shape index (κ3) is 8.56. The molecule has 0 spiro atoms. The van der Waals surface area contributed by atoms with E-state index in [2.05, 4.69) is 65.8 Å². The fraction of sp³-hybridized carbons (Fsp3) is 0.482. The first-order valence-electron chi connectivity index (χ1n) is 24.8. The van der Waals surface area contributed by atoms with Crippen molar-refractivity contribution in [2.45, 2.75) is 123 Å². The number of halogens is 1. The van der Waals surface area contributed by atoms with Crippen LogP contribution in [-0.2, 0) is 28.7 Å². The van der Waals surface area contributed by atoms with Crippen LogP contribution in [0.25, 0.3) is 33.3 Å². The number of carbonyl (C=O) groups excluding carboxylic acids is 4. The molecule has 2 amide bonds. The maximum atomic E-state index is 17.0. The van der Waals surface area contributed by atoms with Crippen LogP contribution < -0.4 is 4.74 Å². The molecule has 3 fully saturated rings. The van der Waals surface area contributed by atoms with Gasteiger partial charge in [-0.25, -0.2) is 9.37 Å². The van der Waals surface area contributed by atoms with Gasteiger partial charge in [0.25, 0.3) is 0 Å². The Morgan fingerprint density at radius 3 is 2.13 bits per heavy atom. The topological polar surface area (TPSA) is 120 Å². The largest absolute Gasteiger partial charge is 0.469 e. The van der Waals surface area contributed by atoms with Gasteiger partial charge in [0, 0.05) is 30.1 Å². The highest BCUT2D eigenvalue weighted by molar-refractivity contribution is 7.11. The van der Waals surface area contributed by atoms with Crippen molar-refractivity contribution in [2.75, 3.05) is 20.8 Å². The predicted octanol–water partition coefficient (Wildman–Crippen LogP) is 11.0. The summed E-state index contributed by atoms with van der Waals surface area (Å²) in [6, 6.07) is 12.2. The number of carbonyl (C=O) groups is 4. The van der Waals surface area contributed by atoms with Gasteiger partial charge in [0.05, 0.1) is 77.6 Å². The SMILES string of the molecule is COC(=O)C[C@H](C(=O)N1CCC[C@H]1C1=CC=C(c2cc(F)c3c(c2)OC(c2cnc(C(C)C)s2)n2c-3cc3cc(C4=CC=C([C@@H]5C[C@H]6C[C@H]6N5C(=O)[C@@H](CC(=O)OC)C(C)C)C4)ccc32)C1)C(C)C. The number of amides is 2. The lowest BCUT2D eigenvalue weighted by atomic mass is 9.89. The Balaban J connectivity index is 0.917. The van der Waals surface area contributed by atoms with E-state index in [-0.39, 0.29) is 78.3 Å². The molecule has 7 atom stereocenters. The van der Waals surface area contributed by atoms with Crippen LogP contribution in [0.4, 0.5) is 4.39 Å². The first-order valence-corrected chi connectivity index (χ1v) is 25.6. The number of esters is 2. The Labute approximate surface area is 408 Å². The van der Waals surface area contributed by atoms with E-state index in [1.807, 2.05) is 50.9 Å². The van der Waals surface area contributed by atoms with Gasteiger partial charge in [0.1, 0.15) is 11.6 Å². The zero-order valence-corrected chi connectivity index (χ0v) is 41.7. The maximum Gasteiger partial charge on any atom is 0.306 e. The molecule has 5 heterocycles. The summed E-state index contributed by atoms with van der Waals surface area (Å²) in [7, 11) is 2.73. The number of benzene rings is 2. The van der Waals surface area contributed by atoms with Gasteiger partial charge in [-0.05, 0) is 120 Å². The second kappa shape index (κ2) is 18.5. The molecule has 1 unspecified atom stereocenters. The van der Waals surface area contributed by atoms with Crippen LogP contribution in [0.2, 0.25) is 0 Å². The molecule has 0 N–H and O–H groups in total. The molecule has 3 aliphatic heterocycles. The molecule has 3 aliphatic carbocycles. The molecule has 6 aliphatic rings. The van der Waals surface area contributed by atoms with Crippen LogP contribution in [0.3, 0.4) is 0 Å². The molecule has 10 rings (SSSR count). The summed E-state index contributed by atoms with van der Waals surface area (Å²) in [5, 5.41) is 1.96. The standard InChI is InChI=1S/C56H63FN4O7S/c1-29(2)40(26-50(62)66-7)54(64)59-17-9-10-43(59)35-13-12-34(19-35)37-21-42(57)52-47-24-38-20-33(15-16-44(38)61(47)56(68-48(52)25-37)49-28-58-53(69-49)31(5)6)32-11-14-36(18-32)45-22-39-23-46(39)60(45)55(65)41(30(3)4)27-51(63)67-8/h11-16,20-21,24-25,28-31,39-41,43,45-46,56H,9-10,17-19,22-23,26-27H2,1-8H3/t39-,40-,41-,43-,45-,46+,56?/m0/s1. The number of hydrogen-bond donors (Lipinski definition) is 0. The molecule has 0 radical (unpaired) electrons. The predicted molar refractivity (Wildman–Crippen MR) is 265 cm³/mol. The number of nitrogens with zero attached hydrogens (tertiary/aromatic N) is 4. The number of ether oxygens (including phenoxy) is 3. The van der Waals surface area contributed by atoms with Crippen molar-refractivity contribution in [3.8, 4) is 17.0 Å². The molecular weight excluding hydrogens is 892 g/mol. The van der Waals surface area contributed by atoms with E-state index >= 15 is 4.39 Å². The van der Waals surface area contributed by atoms with Crippen LogP contribution in [0, 0.1) is 35.4 Å². The summed E-state index contributed by atoms with van der Waals surface area (Å²) in [5.41, 5.74) is 8.31. The fourth-order valence-corrected chi connectivity index (χ4v) is 12.6. The lowest BCUT2D eigenvalue weighted by Gasteiger charge is -2.33. The smallest absolute Gasteiger partial charge is 0.306 e. The van der Waals surface area contributed by atoms with E-state index in [1.54, 1.807) is 17.4 Å². The summed E-state index contributed by atoms with van der Waals surface area (Å²) in [4.78, 5) is 62.5. The fourth-order valence-electron chi connectivity index (χ4n) is 11.6. The minimum Gasteiger partial charge on any atom is -0.469 e. The summed E-state index contributed by atoms with van der Waals surface area (Å²) >= 11 is 1.61. The van der Waals surface area contributed by atoms with Crippen molar-refractivity contribution in [1.82, 2.24) is 19.4 Å². The molecule has 69 heavy (non-hydrogen) atoms. The second-order valence-corrected chi connectivity index (χ2v) is 22.1. The Morgan fingerprint density at radius 1 is 0.812 bits per heavy atom. The second-order valence-electron chi connectivity index (χ2n) is 21.0. The number of rotatable bonds is 14. The van der Waals surface area contributed by atoms with Crippen molar-refractivity contribution in [2.24, 2.45) is 29.6 Å². The summed E-state index contributed by atoms with van der Waals surface area (Å²) in [6.45, 7) is 12.8. The number of fused-ring (bicyclic) bond motifs is 6. The number of thiazole rings is 1. The monoisotopic (exact) mass is 954 g/mol. The number of hydrogen-bond acceptors (Lipinski definition) is 9. The average molecular weight is 955 g/mol. The zero-order chi connectivity index (χ0) is 48.6. The van der Waals surface area contributed by atoms with Crippen molar-refractivity contribution >= 4 is 57.1 Å². The van der Waals surface area contributed by atoms with Crippen molar-refractivity contribution in [3.05, 3.63) is 105 Å². The van der Waals surface area contributed by atoms with Crippen molar-refractivity contribution in [3.63, 3.8) is 0 Å². The van der Waals surface area contributed by atoms with Crippen molar-refractivity contribution < 1.29 is 37.8 Å². The lowest BCUT2D eigenvalue weighted by Crippen LogP contribution is -2.44. The summed E-state index contributed by atoms with van der Waals surface area (Å²) in [5.74, 6) is -0.785. The van der Waals surface area contributed by atoms with E-state index in [1.165, 1.54) is 19.8 Å². The normalized spacial score (nSPS) is 23.3. The third-order valence-corrected chi connectivity index (χ3v) is 17.0. The molecule has 2 aromatic heterocycles. The average Bonchev–Trinajstić information content (AvgIpc) is 4.09. The molecule has 4 aromatic rings. The maximum absolute atomic E-state index is 17.0. The van der Waals surface area contributed by atoms with E-state index in [0.717, 1.165) is 86.4 Å². The van der Waals surface area contributed by atoms with Crippen LogP contribution in [-0.4, -0.2) is 82.0 Å². The van der Waals surface area contributed by atoms with Crippen LogP contribution >= 0.6 is 11.3 Å². The molecule has 362 valence electrons. The van der Waals surface area contributed by atoms with Gasteiger partial charge in [-0.15, -0.1) is 11.3 Å². The van der Waals surface area contributed by atoms with Gasteiger partial charge in [-0.2, -0.15) is 0 Å². The molecular formula is C56H63FN4O7S. The number of methoxy groups -OCH3 is 2. The minimum atomic E-state index is -0.580. The summed E-state index contributed by atoms with van der Waals surface area (Å²) in [6.07, 6.45) is 14.9. The van der Waals surface area contributed by atoms with Gasteiger partial charge in [0.2, 0.25) is 18.0 Å². The minimum absolute atomic E-state index is 0.00238. The lowest BCUT2D eigenvalue weighted by molar-refractivity contribution is -0.148. The molecule has 11 nitrogen and oxygen atoms in total. The van der Waals surface area contributed by atoms with Crippen LogP contribution in [0.1, 0.15) is 126 Å². The molecule has 13 heteroatoms. The molecule has 1 saturated carbocycles. The van der Waals surface area contributed by atoms with E-state index < -0.39 is 18.1 Å². The first-order chi connectivity index (χ1) is 33.1.